The van der Waals surface area contributed by atoms with Gasteiger partial charge in [0.2, 0.25) is 0 Å². The number of amidine groups is 1. The van der Waals surface area contributed by atoms with Gasteiger partial charge in [-0.3, -0.25) is 10.3 Å². The number of aliphatic hydroxyl groups excluding tert-OH is 1. The van der Waals surface area contributed by atoms with Gasteiger partial charge in [0.1, 0.15) is 10.9 Å². The lowest BCUT2D eigenvalue weighted by Gasteiger charge is -2.27. The van der Waals surface area contributed by atoms with Gasteiger partial charge >= 0.3 is 0 Å². The van der Waals surface area contributed by atoms with E-state index in [0.29, 0.717) is 10.4 Å². The minimum atomic E-state index is -1.52. The first-order chi connectivity index (χ1) is 11.3. The summed E-state index contributed by atoms with van der Waals surface area (Å²) in [5, 5.41) is 22.5. The minimum Gasteiger partial charge on any atom is -0.547 e. The molecule has 142 valence electrons. The number of carbonyl (C=O) groups excluding carboxylic acids is 1. The molecule has 0 spiro atoms. The average molecular weight is 415 g/mol. The molecule has 1 aromatic rings. The van der Waals surface area contributed by atoms with Crippen molar-refractivity contribution in [3.63, 3.8) is 0 Å². The number of benzene rings is 1. The van der Waals surface area contributed by atoms with Crippen molar-refractivity contribution in [2.75, 3.05) is 7.05 Å². The fourth-order valence-corrected chi connectivity index (χ4v) is 2.20. The van der Waals surface area contributed by atoms with Gasteiger partial charge in [0, 0.05) is 0 Å². The molecule has 0 heterocycles. The molecule has 0 saturated heterocycles. The molecule has 0 aliphatic heterocycles. The highest BCUT2D eigenvalue weighted by atomic mass is 79.9. The molecule has 0 aromatic heterocycles. The highest BCUT2D eigenvalue weighted by Gasteiger charge is 2.33. The summed E-state index contributed by atoms with van der Waals surface area (Å²) < 4.78 is 0. The Labute approximate surface area is 159 Å². The van der Waals surface area contributed by atoms with Crippen LogP contribution in [0.2, 0.25) is 0 Å². The zero-order chi connectivity index (χ0) is 19.8. The lowest BCUT2D eigenvalue weighted by Crippen LogP contribution is -2.76. The molecule has 1 aromatic carbocycles. The van der Waals surface area contributed by atoms with Crippen LogP contribution in [-0.2, 0) is 4.79 Å². The lowest BCUT2D eigenvalue weighted by molar-refractivity contribution is -0.424. The van der Waals surface area contributed by atoms with E-state index in [0.717, 1.165) is 5.84 Å². The molecular weight excluding hydrogens is 384 g/mol. The largest absolute Gasteiger partial charge is 0.547 e. The van der Waals surface area contributed by atoms with Crippen LogP contribution in [0.3, 0.4) is 0 Å². The quantitative estimate of drug-likeness (QED) is 0.387. The number of aliphatic carboxylic acids is 1. The molecule has 25 heavy (non-hydrogen) atoms. The second kappa shape index (κ2) is 9.92. The Kier molecular flexibility index (Phi) is 9.37. The summed E-state index contributed by atoms with van der Waals surface area (Å²) in [5.74, 6) is -0.332. The van der Waals surface area contributed by atoms with Gasteiger partial charge in [-0.15, -0.1) is 0 Å². The van der Waals surface area contributed by atoms with Crippen molar-refractivity contribution in [2.24, 2.45) is 5.41 Å². The first-order valence-electron chi connectivity index (χ1n) is 8.20. The molecule has 2 atom stereocenters. The molecule has 0 amide bonds. The fraction of sp³-hybridized carbons (Fsp3) is 0.579. The van der Waals surface area contributed by atoms with Crippen LogP contribution in [0, 0.1) is 5.41 Å². The van der Waals surface area contributed by atoms with Crippen molar-refractivity contribution < 1.29 is 20.0 Å². The van der Waals surface area contributed by atoms with Crippen molar-refractivity contribution in [3.05, 3.63) is 35.9 Å². The van der Waals surface area contributed by atoms with Crippen LogP contribution in [0.25, 0.3) is 0 Å². The van der Waals surface area contributed by atoms with Gasteiger partial charge < -0.3 is 15.0 Å². The minimum absolute atomic E-state index is 0.0929. The molecule has 0 aliphatic carbocycles. The monoisotopic (exact) mass is 414 g/mol. The number of halogens is 1. The second-order valence-electron chi connectivity index (χ2n) is 7.90. The van der Waals surface area contributed by atoms with Crippen LogP contribution in [-0.4, -0.2) is 34.3 Å². The molecule has 0 radical (unpaired) electrons. The summed E-state index contributed by atoms with van der Waals surface area (Å²) in [4.78, 5) is 13.7. The molecule has 0 saturated carbocycles. The van der Waals surface area contributed by atoms with E-state index in [1.54, 1.807) is 18.2 Å². The second-order valence-corrected chi connectivity index (χ2v) is 8.82. The molecule has 0 unspecified atom stereocenters. The van der Waals surface area contributed by atoms with Crippen molar-refractivity contribution in [2.45, 2.75) is 58.0 Å². The summed E-state index contributed by atoms with van der Waals surface area (Å²) >= 11 is 3.72. The van der Waals surface area contributed by atoms with E-state index in [1.165, 1.54) is 12.1 Å². The summed E-state index contributed by atoms with van der Waals surface area (Å²) in [5.41, 5.74) is 0.638. The number of aliphatic hydroxyl groups is 1. The average Bonchev–Trinajstić information content (AvgIpc) is 2.50. The van der Waals surface area contributed by atoms with E-state index in [-0.39, 0.29) is 11.0 Å². The molecule has 1 rings (SSSR count). The van der Waals surface area contributed by atoms with E-state index in [2.05, 4.69) is 67.8 Å². The number of nitrogens with one attached hydrogen (secondary N) is 2. The maximum Gasteiger partial charge on any atom is 0.257 e. The maximum atomic E-state index is 10.1. The summed E-state index contributed by atoms with van der Waals surface area (Å²) in [7, 11) is 1.95. The number of alkyl halides is 1. The van der Waals surface area contributed by atoms with Crippen LogP contribution in [0.15, 0.2) is 30.3 Å². The smallest absolute Gasteiger partial charge is 0.257 e. The number of carboxylic acid groups (broad SMARTS) is 1. The normalized spacial score (nSPS) is 14.8. The van der Waals surface area contributed by atoms with Gasteiger partial charge in [-0.1, -0.05) is 67.0 Å². The molecule has 6 heteroatoms. The Morgan fingerprint density at radius 2 is 1.64 bits per heavy atom. The Hall–Kier alpha value is -1.40. The summed E-state index contributed by atoms with van der Waals surface area (Å²) in [6.07, 6.45) is -1.52. The van der Waals surface area contributed by atoms with Gasteiger partial charge in [0.25, 0.3) is 5.84 Å². The van der Waals surface area contributed by atoms with Gasteiger partial charge in [-0.05, 0) is 31.7 Å². The van der Waals surface area contributed by atoms with Gasteiger partial charge in [0.15, 0.2) is 0 Å². The number of carboxylic acids is 1. The fourth-order valence-electron chi connectivity index (χ4n) is 1.86. The third-order valence-electron chi connectivity index (χ3n) is 3.13. The first kappa shape index (κ1) is 23.6. The van der Waals surface area contributed by atoms with E-state index >= 15 is 0 Å². The Morgan fingerprint density at radius 1 is 1.16 bits per heavy atom. The lowest BCUT2D eigenvalue weighted by atomic mass is 9.91. The summed E-state index contributed by atoms with van der Waals surface area (Å²) in [6.45, 7) is 13.1. The maximum absolute atomic E-state index is 10.1. The van der Waals surface area contributed by atoms with Crippen molar-refractivity contribution in [1.82, 2.24) is 5.32 Å². The Bertz CT molecular complexity index is 560. The zero-order valence-electron chi connectivity index (χ0n) is 16.2. The van der Waals surface area contributed by atoms with Crippen molar-refractivity contribution in [1.29, 1.82) is 0 Å². The Morgan fingerprint density at radius 3 is 1.96 bits per heavy atom. The van der Waals surface area contributed by atoms with E-state index in [4.69, 9.17) is 5.11 Å². The van der Waals surface area contributed by atoms with Crippen LogP contribution >= 0.6 is 15.9 Å². The highest BCUT2D eigenvalue weighted by molar-refractivity contribution is 9.10. The molecule has 0 bridgehead atoms. The molecule has 5 nitrogen and oxygen atoms in total. The third kappa shape index (κ3) is 9.60. The number of hydrogen-bond donors (Lipinski definition) is 3. The number of hydrogen-bond acceptors (Lipinski definition) is 3. The molecule has 3 N–H and O–H groups in total. The van der Waals surface area contributed by atoms with Gasteiger partial charge in [0.05, 0.1) is 18.6 Å². The highest BCUT2D eigenvalue weighted by Crippen LogP contribution is 2.26. The molecule has 0 fully saturated rings. The first-order valence-corrected chi connectivity index (χ1v) is 9.12. The predicted octanol–water partition coefficient (Wildman–Crippen LogP) is 0.763. The number of carbonyl (C=O) groups is 1. The molecular formula is C19H31BrN2O3. The van der Waals surface area contributed by atoms with Crippen LogP contribution in [0.4, 0.5) is 0 Å². The topological polar surface area (TPSA) is 86.4 Å². The van der Waals surface area contributed by atoms with Crippen molar-refractivity contribution >= 4 is 27.7 Å². The van der Waals surface area contributed by atoms with Gasteiger partial charge in [-0.25, -0.2) is 0 Å². The van der Waals surface area contributed by atoms with Gasteiger partial charge in [-0.2, -0.15) is 0 Å². The Balaban J connectivity index is 0.000000472. The predicted molar refractivity (Wildman–Crippen MR) is 103 cm³/mol. The van der Waals surface area contributed by atoms with E-state index in [9.17, 15) is 9.90 Å². The van der Waals surface area contributed by atoms with Crippen molar-refractivity contribution in [3.8, 4) is 0 Å². The zero-order valence-corrected chi connectivity index (χ0v) is 17.8. The number of rotatable bonds is 3. The standard InChI is InChI=1S/C11H23BrN2.C8H8O3/c1-10(2,3)8(12)9(13-7)14-11(4,5)6;9-7(8(10)11)6-4-2-1-3-5-6/h8H,1-7H3,(H,13,14);1-5,7,9H,(H,10,11)/t8-;7-/m01/s1. The van der Waals surface area contributed by atoms with Crippen LogP contribution in [0.5, 0.6) is 0 Å². The van der Waals surface area contributed by atoms with E-state index < -0.39 is 12.1 Å². The van der Waals surface area contributed by atoms with Crippen LogP contribution < -0.4 is 15.4 Å². The van der Waals surface area contributed by atoms with E-state index in [1.807, 2.05) is 7.05 Å². The van der Waals surface area contributed by atoms with Crippen LogP contribution in [0.1, 0.15) is 53.2 Å². The molecule has 0 aliphatic rings. The SMILES string of the molecule is C[NH+]=C(NC(C)(C)C)[C@H](Br)C(C)(C)C.O=C([O-])[C@H](O)c1ccccc1. The summed E-state index contributed by atoms with van der Waals surface area (Å²) in [6, 6.07) is 8.11. The third-order valence-corrected chi connectivity index (χ3v) is 4.96.